The molecule has 1 aromatic carbocycles. The second kappa shape index (κ2) is 4.41. The molecule has 1 aliphatic heterocycles. The molecule has 0 bridgehead atoms. The van der Waals surface area contributed by atoms with Gasteiger partial charge in [0.25, 0.3) is 0 Å². The number of ether oxygens (including phenoxy) is 1. The zero-order valence-corrected chi connectivity index (χ0v) is 12.2. The Bertz CT molecular complexity index is 440. The van der Waals surface area contributed by atoms with E-state index in [1.54, 1.807) is 7.11 Å². The zero-order valence-electron chi connectivity index (χ0n) is 12.2. The standard InChI is InChI=1S/C16H24N2O/c1-15(2)11-18(12-16(8-9-16)10-17-15)13-4-6-14(19-3)7-5-13/h4-7,17H,8-12H2,1-3H3. The second-order valence-corrected chi connectivity index (χ2v) is 6.79. The second-order valence-electron chi connectivity index (χ2n) is 6.79. The van der Waals surface area contributed by atoms with E-state index in [4.69, 9.17) is 4.74 Å². The van der Waals surface area contributed by atoms with Gasteiger partial charge in [-0.2, -0.15) is 0 Å². The van der Waals surface area contributed by atoms with Crippen LogP contribution in [0.4, 0.5) is 5.69 Å². The molecule has 0 amide bonds. The van der Waals surface area contributed by atoms with E-state index in [0.29, 0.717) is 5.41 Å². The van der Waals surface area contributed by atoms with Gasteiger partial charge in [0, 0.05) is 36.3 Å². The topological polar surface area (TPSA) is 24.5 Å². The monoisotopic (exact) mass is 260 g/mol. The van der Waals surface area contributed by atoms with Gasteiger partial charge in [-0.05, 0) is 51.0 Å². The van der Waals surface area contributed by atoms with Gasteiger partial charge in [-0.3, -0.25) is 0 Å². The summed E-state index contributed by atoms with van der Waals surface area (Å²) >= 11 is 0. The molecule has 0 radical (unpaired) electrons. The Labute approximate surface area is 115 Å². The lowest BCUT2D eigenvalue weighted by Gasteiger charge is -2.31. The summed E-state index contributed by atoms with van der Waals surface area (Å²) < 4.78 is 5.24. The van der Waals surface area contributed by atoms with Crippen molar-refractivity contribution in [2.75, 3.05) is 31.6 Å². The van der Waals surface area contributed by atoms with Crippen molar-refractivity contribution in [2.24, 2.45) is 5.41 Å². The molecule has 1 saturated carbocycles. The molecule has 104 valence electrons. The molecule has 19 heavy (non-hydrogen) atoms. The molecule has 0 atom stereocenters. The quantitative estimate of drug-likeness (QED) is 0.885. The minimum absolute atomic E-state index is 0.173. The van der Waals surface area contributed by atoms with E-state index in [1.807, 2.05) is 0 Å². The highest BCUT2D eigenvalue weighted by molar-refractivity contribution is 5.50. The summed E-state index contributed by atoms with van der Waals surface area (Å²) in [6, 6.07) is 8.47. The van der Waals surface area contributed by atoms with E-state index < -0.39 is 0 Å². The third-order valence-electron chi connectivity index (χ3n) is 4.45. The van der Waals surface area contributed by atoms with Gasteiger partial charge in [0.1, 0.15) is 5.75 Å². The lowest BCUT2D eigenvalue weighted by Crippen LogP contribution is -2.46. The lowest BCUT2D eigenvalue weighted by molar-refractivity contribution is 0.389. The van der Waals surface area contributed by atoms with E-state index in [-0.39, 0.29) is 5.54 Å². The predicted molar refractivity (Wildman–Crippen MR) is 79.0 cm³/mol. The van der Waals surface area contributed by atoms with Crippen LogP contribution in [0.3, 0.4) is 0 Å². The van der Waals surface area contributed by atoms with Gasteiger partial charge in [0.2, 0.25) is 0 Å². The number of nitrogens with zero attached hydrogens (tertiary/aromatic N) is 1. The molecular formula is C16H24N2O. The zero-order chi connectivity index (χ0) is 13.5. The Morgan fingerprint density at radius 3 is 2.37 bits per heavy atom. The number of anilines is 1. The minimum Gasteiger partial charge on any atom is -0.497 e. The van der Waals surface area contributed by atoms with E-state index in [9.17, 15) is 0 Å². The molecule has 0 unspecified atom stereocenters. The fourth-order valence-electron chi connectivity index (χ4n) is 2.96. The van der Waals surface area contributed by atoms with Gasteiger partial charge in [-0.15, -0.1) is 0 Å². The molecule has 3 rings (SSSR count). The Morgan fingerprint density at radius 2 is 1.79 bits per heavy atom. The van der Waals surface area contributed by atoms with E-state index in [0.717, 1.165) is 18.8 Å². The highest BCUT2D eigenvalue weighted by Crippen LogP contribution is 2.47. The SMILES string of the molecule is COc1ccc(N2CC3(CC3)CNC(C)(C)C2)cc1. The number of rotatable bonds is 2. The van der Waals surface area contributed by atoms with Crippen LogP contribution in [-0.4, -0.2) is 32.3 Å². The lowest BCUT2D eigenvalue weighted by atomic mass is 10.1. The Hall–Kier alpha value is -1.22. The average molecular weight is 260 g/mol. The van der Waals surface area contributed by atoms with Crippen LogP contribution in [0.1, 0.15) is 26.7 Å². The van der Waals surface area contributed by atoms with Gasteiger partial charge < -0.3 is 15.0 Å². The summed E-state index contributed by atoms with van der Waals surface area (Å²) in [5.41, 5.74) is 2.00. The highest BCUT2D eigenvalue weighted by atomic mass is 16.5. The predicted octanol–water partition coefficient (Wildman–Crippen LogP) is 2.66. The largest absolute Gasteiger partial charge is 0.497 e. The highest BCUT2D eigenvalue weighted by Gasteiger charge is 2.47. The molecule has 2 aliphatic rings. The minimum atomic E-state index is 0.173. The number of hydrogen-bond donors (Lipinski definition) is 1. The van der Waals surface area contributed by atoms with Crippen LogP contribution in [0.5, 0.6) is 5.75 Å². The summed E-state index contributed by atoms with van der Waals surface area (Å²) in [4.78, 5) is 2.53. The Balaban J connectivity index is 1.83. The van der Waals surface area contributed by atoms with Crippen molar-refractivity contribution < 1.29 is 4.74 Å². The van der Waals surface area contributed by atoms with Crippen LogP contribution in [0, 0.1) is 5.41 Å². The first-order valence-electron chi connectivity index (χ1n) is 7.16. The van der Waals surface area contributed by atoms with Crippen molar-refractivity contribution in [3.8, 4) is 5.75 Å². The maximum absolute atomic E-state index is 5.24. The third kappa shape index (κ3) is 2.71. The Kier molecular flexibility index (Phi) is 2.97. The first-order valence-corrected chi connectivity index (χ1v) is 7.16. The van der Waals surface area contributed by atoms with Gasteiger partial charge in [0.15, 0.2) is 0 Å². The van der Waals surface area contributed by atoms with Gasteiger partial charge >= 0.3 is 0 Å². The van der Waals surface area contributed by atoms with E-state index in [1.165, 1.54) is 25.1 Å². The first kappa shape index (κ1) is 12.8. The summed E-state index contributed by atoms with van der Waals surface area (Å²) in [5, 5.41) is 3.73. The molecule has 1 aromatic rings. The molecule has 1 N–H and O–H groups in total. The average Bonchev–Trinajstić information content (AvgIpc) is 3.17. The van der Waals surface area contributed by atoms with Gasteiger partial charge in [0.05, 0.1) is 7.11 Å². The van der Waals surface area contributed by atoms with Crippen LogP contribution in [0.15, 0.2) is 24.3 Å². The summed E-state index contributed by atoms with van der Waals surface area (Å²) in [6.07, 6.45) is 2.73. The normalized spacial score (nSPS) is 24.1. The maximum Gasteiger partial charge on any atom is 0.119 e. The molecule has 1 heterocycles. The van der Waals surface area contributed by atoms with Crippen LogP contribution >= 0.6 is 0 Å². The third-order valence-corrected chi connectivity index (χ3v) is 4.45. The molecule has 2 fully saturated rings. The van der Waals surface area contributed by atoms with Gasteiger partial charge in [-0.1, -0.05) is 0 Å². The summed E-state index contributed by atoms with van der Waals surface area (Å²) in [7, 11) is 1.72. The molecule has 0 aromatic heterocycles. The summed E-state index contributed by atoms with van der Waals surface area (Å²) in [5.74, 6) is 0.928. The van der Waals surface area contributed by atoms with Crippen molar-refractivity contribution in [1.29, 1.82) is 0 Å². The summed E-state index contributed by atoms with van der Waals surface area (Å²) in [6.45, 7) is 7.99. The maximum atomic E-state index is 5.24. The van der Waals surface area contributed by atoms with Crippen molar-refractivity contribution >= 4 is 5.69 Å². The Morgan fingerprint density at radius 1 is 1.11 bits per heavy atom. The van der Waals surface area contributed by atoms with E-state index >= 15 is 0 Å². The first-order chi connectivity index (χ1) is 9.02. The molecule has 1 aliphatic carbocycles. The van der Waals surface area contributed by atoms with Crippen molar-refractivity contribution in [3.63, 3.8) is 0 Å². The van der Waals surface area contributed by atoms with Crippen LogP contribution < -0.4 is 15.0 Å². The van der Waals surface area contributed by atoms with Gasteiger partial charge in [-0.25, -0.2) is 0 Å². The van der Waals surface area contributed by atoms with Crippen LogP contribution in [0.2, 0.25) is 0 Å². The molecule has 3 heteroatoms. The number of hydrogen-bond acceptors (Lipinski definition) is 3. The molecule has 3 nitrogen and oxygen atoms in total. The molecular weight excluding hydrogens is 236 g/mol. The number of methoxy groups -OCH3 is 1. The number of nitrogens with one attached hydrogen (secondary N) is 1. The van der Waals surface area contributed by atoms with Crippen molar-refractivity contribution in [3.05, 3.63) is 24.3 Å². The number of benzene rings is 1. The van der Waals surface area contributed by atoms with Crippen molar-refractivity contribution in [1.82, 2.24) is 5.32 Å². The smallest absolute Gasteiger partial charge is 0.119 e. The molecule has 1 spiro atoms. The fraction of sp³-hybridized carbons (Fsp3) is 0.625. The van der Waals surface area contributed by atoms with Crippen LogP contribution in [0.25, 0.3) is 0 Å². The fourth-order valence-corrected chi connectivity index (χ4v) is 2.96. The van der Waals surface area contributed by atoms with Crippen LogP contribution in [-0.2, 0) is 0 Å². The van der Waals surface area contributed by atoms with Crippen molar-refractivity contribution in [2.45, 2.75) is 32.2 Å². The molecule has 1 saturated heterocycles. The van der Waals surface area contributed by atoms with E-state index in [2.05, 4.69) is 48.3 Å².